The average molecular weight is 481 g/mol. The molecule has 1 amide bonds. The van der Waals surface area contributed by atoms with Crippen LogP contribution in [-0.4, -0.2) is 35.9 Å². The number of fused-ring (bicyclic) bond motifs is 1. The van der Waals surface area contributed by atoms with E-state index in [2.05, 4.69) is 4.98 Å². The number of benzene rings is 2. The third kappa shape index (κ3) is 5.48. The van der Waals surface area contributed by atoms with Crippen LogP contribution < -0.4 is 4.90 Å². The highest BCUT2D eigenvalue weighted by Crippen LogP contribution is 2.34. The summed E-state index contributed by atoms with van der Waals surface area (Å²) in [6.45, 7) is 1.30. The van der Waals surface area contributed by atoms with Crippen LogP contribution in [0.4, 0.5) is 5.13 Å². The first-order valence-corrected chi connectivity index (χ1v) is 12.5. The molecule has 2 aromatic carbocycles. The van der Waals surface area contributed by atoms with E-state index in [-0.39, 0.29) is 12.0 Å². The normalized spacial score (nSPS) is 16.3. The molecule has 30 heavy (non-hydrogen) atoms. The number of thiazole rings is 1. The molecule has 1 saturated heterocycles. The van der Waals surface area contributed by atoms with Crippen LogP contribution in [-0.2, 0) is 9.53 Å². The van der Waals surface area contributed by atoms with Gasteiger partial charge in [0.1, 0.15) is 5.52 Å². The highest BCUT2D eigenvalue weighted by Gasteiger charge is 2.26. The molecule has 1 fully saturated rings. The van der Waals surface area contributed by atoms with Crippen LogP contribution in [0.3, 0.4) is 0 Å². The molecule has 1 aromatic heterocycles. The Morgan fingerprint density at radius 1 is 1.23 bits per heavy atom. The molecule has 1 unspecified atom stereocenters. The lowest BCUT2D eigenvalue weighted by atomic mass is 10.2. The molecule has 3 aromatic rings. The minimum absolute atomic E-state index is 0.0693. The van der Waals surface area contributed by atoms with Crippen molar-refractivity contribution in [2.75, 3.05) is 23.8 Å². The number of carbonyl (C=O) groups excluding carboxylic acids is 1. The highest BCUT2D eigenvalue weighted by atomic mass is 35.5. The molecule has 158 valence electrons. The second kappa shape index (κ2) is 10.3. The van der Waals surface area contributed by atoms with E-state index >= 15 is 0 Å². The van der Waals surface area contributed by atoms with Gasteiger partial charge in [0.05, 0.1) is 22.4 Å². The molecular formula is C22H22Cl2N2O2S2. The molecule has 2 heterocycles. The maximum Gasteiger partial charge on any atom is 0.228 e. The zero-order chi connectivity index (χ0) is 20.9. The minimum Gasteiger partial charge on any atom is -0.376 e. The third-order valence-corrected chi connectivity index (χ3v) is 7.62. The number of hydrogen-bond acceptors (Lipinski definition) is 5. The number of rotatable bonds is 8. The number of halogens is 2. The molecule has 0 spiro atoms. The molecule has 1 atom stereocenters. The smallest absolute Gasteiger partial charge is 0.228 e. The number of anilines is 1. The minimum atomic E-state index is 0.0693. The average Bonchev–Trinajstić information content (AvgIpc) is 3.41. The molecule has 8 heteroatoms. The molecular weight excluding hydrogens is 459 g/mol. The molecule has 4 rings (SSSR count). The first-order chi connectivity index (χ1) is 14.6. The summed E-state index contributed by atoms with van der Waals surface area (Å²) in [5.74, 6) is 0.949. The van der Waals surface area contributed by atoms with E-state index in [1.807, 2.05) is 42.5 Å². The topological polar surface area (TPSA) is 42.4 Å². The van der Waals surface area contributed by atoms with Gasteiger partial charge in [0.25, 0.3) is 0 Å². The Balaban J connectivity index is 1.42. The van der Waals surface area contributed by atoms with Crippen LogP contribution in [0.25, 0.3) is 10.2 Å². The Kier molecular flexibility index (Phi) is 7.55. The fourth-order valence-electron chi connectivity index (χ4n) is 3.38. The first-order valence-electron chi connectivity index (χ1n) is 9.95. The summed E-state index contributed by atoms with van der Waals surface area (Å²) >= 11 is 15.5. The third-order valence-electron chi connectivity index (χ3n) is 4.92. The Morgan fingerprint density at radius 2 is 2.07 bits per heavy atom. The Bertz CT molecular complexity index is 1000. The van der Waals surface area contributed by atoms with Crippen LogP contribution >= 0.6 is 46.3 Å². The molecule has 1 aliphatic rings. The van der Waals surface area contributed by atoms with Crippen LogP contribution in [0.1, 0.15) is 25.7 Å². The van der Waals surface area contributed by atoms with Crippen LogP contribution in [0, 0.1) is 0 Å². The van der Waals surface area contributed by atoms with E-state index in [0.29, 0.717) is 23.1 Å². The first kappa shape index (κ1) is 21.9. The summed E-state index contributed by atoms with van der Waals surface area (Å²) in [5, 5.41) is 2.04. The van der Waals surface area contributed by atoms with Crippen molar-refractivity contribution in [2.45, 2.75) is 36.7 Å². The van der Waals surface area contributed by atoms with Crippen molar-refractivity contribution < 1.29 is 9.53 Å². The van der Waals surface area contributed by atoms with Gasteiger partial charge in [0.15, 0.2) is 5.13 Å². The Labute approximate surface area is 194 Å². The molecule has 0 radical (unpaired) electrons. The summed E-state index contributed by atoms with van der Waals surface area (Å²) < 4.78 is 6.77. The van der Waals surface area contributed by atoms with Crippen LogP contribution in [0.15, 0.2) is 47.4 Å². The standard InChI is InChI=1S/C22H22Cl2N2O2S2/c23-15-8-10-17(11-9-15)29-13-3-7-20(27)26(14-16-4-2-12-28-16)22-25-21-18(24)5-1-6-19(21)30-22/h1,5-6,8-11,16H,2-4,7,12-14H2. The second-order valence-corrected chi connectivity index (χ2v) is 10.1. The summed E-state index contributed by atoms with van der Waals surface area (Å²) in [6, 6.07) is 13.5. The van der Waals surface area contributed by atoms with E-state index < -0.39 is 0 Å². The van der Waals surface area contributed by atoms with Crippen molar-refractivity contribution in [3.63, 3.8) is 0 Å². The van der Waals surface area contributed by atoms with E-state index in [0.717, 1.165) is 51.8 Å². The van der Waals surface area contributed by atoms with E-state index in [1.54, 1.807) is 16.7 Å². The molecule has 0 bridgehead atoms. The van der Waals surface area contributed by atoms with Crippen molar-refractivity contribution in [1.29, 1.82) is 0 Å². The number of amides is 1. The zero-order valence-corrected chi connectivity index (χ0v) is 19.5. The molecule has 1 aliphatic heterocycles. The van der Waals surface area contributed by atoms with Gasteiger partial charge in [-0.1, -0.05) is 40.6 Å². The van der Waals surface area contributed by atoms with Crippen molar-refractivity contribution >= 4 is 67.6 Å². The lowest BCUT2D eigenvalue weighted by molar-refractivity contribution is -0.119. The monoisotopic (exact) mass is 480 g/mol. The lowest BCUT2D eigenvalue weighted by Crippen LogP contribution is -2.37. The molecule has 0 aliphatic carbocycles. The van der Waals surface area contributed by atoms with Crippen LogP contribution in [0.2, 0.25) is 10.0 Å². The van der Waals surface area contributed by atoms with Gasteiger partial charge >= 0.3 is 0 Å². The quantitative estimate of drug-likeness (QED) is 0.266. The number of thioether (sulfide) groups is 1. The molecule has 0 saturated carbocycles. The van der Waals surface area contributed by atoms with Crippen LogP contribution in [0.5, 0.6) is 0 Å². The van der Waals surface area contributed by atoms with E-state index in [4.69, 9.17) is 27.9 Å². The van der Waals surface area contributed by atoms with Gasteiger partial charge in [0, 0.05) is 22.9 Å². The maximum atomic E-state index is 13.1. The van der Waals surface area contributed by atoms with Gasteiger partial charge < -0.3 is 4.74 Å². The molecule has 0 N–H and O–H groups in total. The number of carbonyl (C=O) groups is 1. The summed E-state index contributed by atoms with van der Waals surface area (Å²) in [5.41, 5.74) is 0.752. The number of hydrogen-bond donors (Lipinski definition) is 0. The fraction of sp³-hybridized carbons (Fsp3) is 0.364. The zero-order valence-electron chi connectivity index (χ0n) is 16.4. The highest BCUT2D eigenvalue weighted by molar-refractivity contribution is 7.99. The second-order valence-electron chi connectivity index (χ2n) is 7.13. The van der Waals surface area contributed by atoms with Crippen molar-refractivity contribution in [3.05, 3.63) is 52.5 Å². The van der Waals surface area contributed by atoms with Crippen molar-refractivity contribution in [3.8, 4) is 0 Å². The van der Waals surface area contributed by atoms with Gasteiger partial charge in [-0.25, -0.2) is 4.98 Å². The Hall–Kier alpha value is -1.31. The maximum absolute atomic E-state index is 13.1. The summed E-state index contributed by atoms with van der Waals surface area (Å²) in [6.07, 6.45) is 3.34. The lowest BCUT2D eigenvalue weighted by Gasteiger charge is -2.23. The fourth-order valence-corrected chi connectivity index (χ4v) is 5.65. The van der Waals surface area contributed by atoms with E-state index in [1.165, 1.54) is 11.3 Å². The van der Waals surface area contributed by atoms with Gasteiger partial charge in [-0.3, -0.25) is 9.69 Å². The predicted octanol–water partition coefficient (Wildman–Crippen LogP) is 6.69. The van der Waals surface area contributed by atoms with Gasteiger partial charge in [-0.15, -0.1) is 11.8 Å². The van der Waals surface area contributed by atoms with Crippen molar-refractivity contribution in [2.24, 2.45) is 0 Å². The number of para-hydroxylation sites is 1. The Morgan fingerprint density at radius 3 is 2.80 bits per heavy atom. The SMILES string of the molecule is O=C(CCCSc1ccc(Cl)cc1)N(CC1CCCO1)c1nc2c(Cl)cccc2s1. The van der Waals surface area contributed by atoms with Gasteiger partial charge in [0.2, 0.25) is 5.91 Å². The summed E-state index contributed by atoms with van der Waals surface area (Å²) in [7, 11) is 0. The summed E-state index contributed by atoms with van der Waals surface area (Å²) in [4.78, 5) is 20.8. The molecule has 4 nitrogen and oxygen atoms in total. The van der Waals surface area contributed by atoms with Crippen molar-refractivity contribution in [1.82, 2.24) is 4.98 Å². The number of aromatic nitrogens is 1. The van der Waals surface area contributed by atoms with Gasteiger partial charge in [-0.2, -0.15) is 0 Å². The number of ether oxygens (including phenoxy) is 1. The van der Waals surface area contributed by atoms with E-state index in [9.17, 15) is 4.79 Å². The largest absolute Gasteiger partial charge is 0.376 e. The van der Waals surface area contributed by atoms with Gasteiger partial charge in [-0.05, 0) is 61.4 Å². The number of nitrogens with zero attached hydrogens (tertiary/aromatic N) is 2. The predicted molar refractivity (Wildman–Crippen MR) is 127 cm³/mol.